The maximum Gasteiger partial charge on any atom is 0.0703 e. The standard InChI is InChI=1S/C14H30INO4/c1-13(2)20-12-11-19-10-9-18-8-7-17-6-5-16-14(3,4)15/h13,16H,5-12H2,1-4H3. The van der Waals surface area contributed by atoms with Crippen LogP contribution in [0.25, 0.3) is 0 Å². The van der Waals surface area contributed by atoms with E-state index in [1.807, 2.05) is 13.8 Å². The number of ether oxygens (including phenoxy) is 4. The molecule has 6 heteroatoms. The Morgan fingerprint density at radius 2 is 1.30 bits per heavy atom. The third-order valence-electron chi connectivity index (χ3n) is 2.21. The van der Waals surface area contributed by atoms with Gasteiger partial charge in [0.05, 0.1) is 55.9 Å². The molecule has 0 unspecified atom stereocenters. The third kappa shape index (κ3) is 18.5. The Labute approximate surface area is 137 Å². The second-order valence-corrected chi connectivity index (χ2v) is 7.85. The monoisotopic (exact) mass is 403 g/mol. The van der Waals surface area contributed by atoms with Crippen LogP contribution in [-0.4, -0.2) is 62.4 Å². The van der Waals surface area contributed by atoms with E-state index in [2.05, 4.69) is 41.8 Å². The molecule has 0 amide bonds. The lowest BCUT2D eigenvalue weighted by molar-refractivity contribution is -0.0115. The quantitative estimate of drug-likeness (QED) is 0.209. The molecule has 122 valence electrons. The molecule has 0 saturated carbocycles. The normalized spacial score (nSPS) is 12.3. The van der Waals surface area contributed by atoms with Crippen LogP contribution in [0, 0.1) is 0 Å². The van der Waals surface area contributed by atoms with Crippen molar-refractivity contribution >= 4 is 22.6 Å². The van der Waals surface area contributed by atoms with Gasteiger partial charge in [-0.3, -0.25) is 0 Å². The molecule has 0 radical (unpaired) electrons. The first kappa shape index (κ1) is 20.5. The van der Waals surface area contributed by atoms with Gasteiger partial charge in [-0.05, 0) is 27.7 Å². The molecule has 5 nitrogen and oxygen atoms in total. The molecule has 0 spiro atoms. The highest BCUT2D eigenvalue weighted by Gasteiger charge is 2.09. The van der Waals surface area contributed by atoms with E-state index in [0.29, 0.717) is 46.2 Å². The summed E-state index contributed by atoms with van der Waals surface area (Å²) >= 11 is 2.36. The lowest BCUT2D eigenvalue weighted by Gasteiger charge is -2.18. The number of alkyl halides is 1. The second-order valence-electron chi connectivity index (χ2n) is 5.16. The van der Waals surface area contributed by atoms with Crippen LogP contribution in [0.15, 0.2) is 0 Å². The fourth-order valence-corrected chi connectivity index (χ4v) is 1.57. The molecule has 0 bridgehead atoms. The van der Waals surface area contributed by atoms with Gasteiger partial charge in [0.25, 0.3) is 0 Å². The van der Waals surface area contributed by atoms with E-state index in [1.165, 1.54) is 0 Å². The predicted octanol–water partition coefficient (Wildman–Crippen LogP) is 2.22. The Morgan fingerprint density at radius 3 is 1.75 bits per heavy atom. The molecule has 0 aliphatic carbocycles. The third-order valence-corrected chi connectivity index (χ3v) is 2.60. The maximum absolute atomic E-state index is 5.45. The fourth-order valence-electron chi connectivity index (χ4n) is 1.31. The molecule has 0 aliphatic rings. The van der Waals surface area contributed by atoms with Crippen LogP contribution >= 0.6 is 22.6 Å². The first-order valence-electron chi connectivity index (χ1n) is 7.20. The van der Waals surface area contributed by atoms with Crippen LogP contribution in [0.4, 0.5) is 0 Å². The first-order valence-corrected chi connectivity index (χ1v) is 8.28. The summed E-state index contributed by atoms with van der Waals surface area (Å²) in [5.41, 5.74) is 0. The van der Waals surface area contributed by atoms with Crippen molar-refractivity contribution in [2.45, 2.75) is 37.3 Å². The smallest absolute Gasteiger partial charge is 0.0703 e. The number of halogens is 1. The minimum absolute atomic E-state index is 0.119. The minimum Gasteiger partial charge on any atom is -0.378 e. The summed E-state index contributed by atoms with van der Waals surface area (Å²) in [6.07, 6.45) is 0.263. The molecule has 0 atom stereocenters. The van der Waals surface area contributed by atoms with Crippen LogP contribution in [0.3, 0.4) is 0 Å². The van der Waals surface area contributed by atoms with Gasteiger partial charge >= 0.3 is 0 Å². The van der Waals surface area contributed by atoms with Gasteiger partial charge in [-0.15, -0.1) is 0 Å². The Bertz CT molecular complexity index is 210. The van der Waals surface area contributed by atoms with Gasteiger partial charge in [0, 0.05) is 6.54 Å². The van der Waals surface area contributed by atoms with Crippen LogP contribution in [0.2, 0.25) is 0 Å². The van der Waals surface area contributed by atoms with Crippen molar-refractivity contribution in [1.29, 1.82) is 0 Å². The Balaban J connectivity index is 3.03. The zero-order valence-corrected chi connectivity index (χ0v) is 15.4. The van der Waals surface area contributed by atoms with Gasteiger partial charge in [0.2, 0.25) is 0 Å². The van der Waals surface area contributed by atoms with E-state index in [9.17, 15) is 0 Å². The molecule has 0 rings (SSSR count). The second kappa shape index (κ2) is 13.2. The highest BCUT2D eigenvalue weighted by atomic mass is 127. The van der Waals surface area contributed by atoms with E-state index in [1.54, 1.807) is 0 Å². The van der Waals surface area contributed by atoms with Crippen molar-refractivity contribution in [2.24, 2.45) is 0 Å². The van der Waals surface area contributed by atoms with Crippen molar-refractivity contribution in [3.63, 3.8) is 0 Å². The summed E-state index contributed by atoms with van der Waals surface area (Å²) in [6.45, 7) is 13.5. The van der Waals surface area contributed by atoms with E-state index in [4.69, 9.17) is 18.9 Å². The summed E-state index contributed by atoms with van der Waals surface area (Å²) in [7, 11) is 0. The molecule has 0 heterocycles. The van der Waals surface area contributed by atoms with Gasteiger partial charge in [-0.25, -0.2) is 0 Å². The fraction of sp³-hybridized carbons (Fsp3) is 1.00. The van der Waals surface area contributed by atoms with Crippen molar-refractivity contribution in [1.82, 2.24) is 5.32 Å². The number of nitrogens with one attached hydrogen (secondary N) is 1. The molecule has 1 N–H and O–H groups in total. The van der Waals surface area contributed by atoms with Gasteiger partial charge in [0.15, 0.2) is 0 Å². The summed E-state index contributed by atoms with van der Waals surface area (Å²) in [5.74, 6) is 0. The molecule has 0 aromatic heterocycles. The zero-order valence-electron chi connectivity index (χ0n) is 13.2. The Kier molecular flexibility index (Phi) is 13.6. The Morgan fingerprint density at radius 1 is 0.850 bits per heavy atom. The van der Waals surface area contributed by atoms with Crippen molar-refractivity contribution in [3.05, 3.63) is 0 Å². The first-order chi connectivity index (χ1) is 9.42. The average molecular weight is 403 g/mol. The highest BCUT2D eigenvalue weighted by molar-refractivity contribution is 14.1. The number of hydrogen-bond donors (Lipinski definition) is 1. The molecule has 20 heavy (non-hydrogen) atoms. The van der Waals surface area contributed by atoms with Crippen molar-refractivity contribution in [2.75, 3.05) is 52.8 Å². The van der Waals surface area contributed by atoms with Gasteiger partial charge < -0.3 is 24.3 Å². The van der Waals surface area contributed by atoms with Gasteiger partial charge in [-0.2, -0.15) is 0 Å². The maximum atomic E-state index is 5.45. The van der Waals surface area contributed by atoms with Crippen LogP contribution in [0.1, 0.15) is 27.7 Å². The predicted molar refractivity (Wildman–Crippen MR) is 89.6 cm³/mol. The topological polar surface area (TPSA) is 49.0 Å². The average Bonchev–Trinajstić information content (AvgIpc) is 2.33. The van der Waals surface area contributed by atoms with Gasteiger partial charge in [-0.1, -0.05) is 22.6 Å². The summed E-state index contributed by atoms with van der Waals surface area (Å²) in [6, 6.07) is 0. The molecule has 0 fully saturated rings. The minimum atomic E-state index is 0.119. The zero-order chi connectivity index (χ0) is 15.3. The van der Waals surface area contributed by atoms with E-state index < -0.39 is 0 Å². The molecule has 0 saturated heterocycles. The summed E-state index contributed by atoms with van der Waals surface area (Å²) in [5, 5.41) is 3.35. The van der Waals surface area contributed by atoms with E-state index in [-0.39, 0.29) is 9.65 Å². The largest absolute Gasteiger partial charge is 0.378 e. The Hall–Kier alpha value is 0.530. The molecule has 0 aliphatic heterocycles. The van der Waals surface area contributed by atoms with Crippen LogP contribution in [-0.2, 0) is 18.9 Å². The lowest BCUT2D eigenvalue weighted by atomic mass is 10.4. The SMILES string of the molecule is CC(C)OCCOCCOCCOCCNC(C)(C)I. The van der Waals surface area contributed by atoms with Gasteiger partial charge in [0.1, 0.15) is 0 Å². The molecular weight excluding hydrogens is 373 g/mol. The number of hydrogen-bond acceptors (Lipinski definition) is 5. The summed E-state index contributed by atoms with van der Waals surface area (Å²) < 4.78 is 21.7. The molecule has 0 aromatic carbocycles. The van der Waals surface area contributed by atoms with Crippen LogP contribution in [0.5, 0.6) is 0 Å². The molecule has 0 aromatic rings. The number of rotatable bonds is 14. The van der Waals surface area contributed by atoms with Crippen LogP contribution < -0.4 is 5.32 Å². The van der Waals surface area contributed by atoms with E-state index in [0.717, 1.165) is 6.54 Å². The van der Waals surface area contributed by atoms with Crippen molar-refractivity contribution in [3.8, 4) is 0 Å². The van der Waals surface area contributed by atoms with Crippen molar-refractivity contribution < 1.29 is 18.9 Å². The van der Waals surface area contributed by atoms with E-state index >= 15 is 0 Å². The lowest BCUT2D eigenvalue weighted by Crippen LogP contribution is -2.35. The molecular formula is C14H30INO4. The summed E-state index contributed by atoms with van der Waals surface area (Å²) in [4.78, 5) is 0. The highest BCUT2D eigenvalue weighted by Crippen LogP contribution is 2.10.